The molecule has 1 amide bonds. The van der Waals surface area contributed by atoms with Gasteiger partial charge in [0, 0.05) is 18.7 Å². The summed E-state index contributed by atoms with van der Waals surface area (Å²) >= 11 is 1.05. The van der Waals surface area contributed by atoms with Gasteiger partial charge in [-0.05, 0) is 56.3 Å². The average molecular weight is 522 g/mol. The number of sulfonamides is 1. The maximum atomic E-state index is 13.7. The lowest BCUT2D eigenvalue weighted by molar-refractivity contribution is -0.141. The van der Waals surface area contributed by atoms with E-state index in [1.54, 1.807) is 0 Å². The molecule has 0 aliphatic carbocycles. The number of rotatable bonds is 5. The zero-order valence-electron chi connectivity index (χ0n) is 19.3. The minimum atomic E-state index is -3.75. The molecule has 1 aliphatic rings. The summed E-state index contributed by atoms with van der Waals surface area (Å²) in [6.45, 7) is 3.92. The summed E-state index contributed by atoms with van der Waals surface area (Å²) in [6.07, 6.45) is -0.445. The van der Waals surface area contributed by atoms with E-state index in [9.17, 15) is 22.4 Å². The standard InChI is InChI=1S/C23H24FN3O6S2/c1-14-11-26(12-15(2)33-14)35(30,31)18-7-4-16(5-8-18)22(29)25-23-27(13-21(28)32-3)19-9-6-17(24)10-20(19)34-23/h4-10,14-15H,11-13H2,1-3H3/t14-,15+. The van der Waals surface area contributed by atoms with E-state index in [1.165, 1.54) is 58.4 Å². The molecular weight excluding hydrogens is 497 g/mol. The molecule has 12 heteroatoms. The number of thiazole rings is 1. The molecule has 1 aliphatic heterocycles. The second-order valence-electron chi connectivity index (χ2n) is 8.18. The predicted octanol–water partition coefficient (Wildman–Crippen LogP) is 2.55. The van der Waals surface area contributed by atoms with E-state index in [0.717, 1.165) is 11.3 Å². The smallest absolute Gasteiger partial charge is 0.325 e. The van der Waals surface area contributed by atoms with E-state index in [0.29, 0.717) is 10.2 Å². The maximum absolute atomic E-state index is 13.7. The molecule has 2 atom stereocenters. The minimum Gasteiger partial charge on any atom is -0.468 e. The van der Waals surface area contributed by atoms with Crippen molar-refractivity contribution in [1.29, 1.82) is 0 Å². The fourth-order valence-electron chi connectivity index (χ4n) is 3.88. The van der Waals surface area contributed by atoms with Crippen LogP contribution in [0.15, 0.2) is 52.4 Å². The van der Waals surface area contributed by atoms with Crippen LogP contribution in [0.5, 0.6) is 0 Å². The number of hydrogen-bond donors (Lipinski definition) is 0. The average Bonchev–Trinajstić information content (AvgIpc) is 3.13. The summed E-state index contributed by atoms with van der Waals surface area (Å²) in [6, 6.07) is 9.57. The second kappa shape index (κ2) is 9.97. The van der Waals surface area contributed by atoms with Crippen LogP contribution in [0.3, 0.4) is 0 Å². The van der Waals surface area contributed by atoms with Crippen molar-refractivity contribution in [2.75, 3.05) is 20.2 Å². The zero-order chi connectivity index (χ0) is 25.3. The van der Waals surface area contributed by atoms with Crippen LogP contribution >= 0.6 is 11.3 Å². The van der Waals surface area contributed by atoms with E-state index < -0.39 is 27.7 Å². The normalized spacial score (nSPS) is 19.7. The Bertz CT molecular complexity index is 1440. The molecule has 186 valence electrons. The van der Waals surface area contributed by atoms with Crippen molar-refractivity contribution < 1.29 is 31.9 Å². The molecule has 4 rings (SSSR count). The number of hydrogen-bond acceptors (Lipinski definition) is 7. The molecule has 0 bridgehead atoms. The van der Waals surface area contributed by atoms with Crippen molar-refractivity contribution in [2.45, 2.75) is 37.5 Å². The van der Waals surface area contributed by atoms with Crippen molar-refractivity contribution in [3.05, 3.63) is 58.6 Å². The highest BCUT2D eigenvalue weighted by molar-refractivity contribution is 7.89. The quantitative estimate of drug-likeness (QED) is 0.478. The molecular formula is C23H24FN3O6S2. The number of aromatic nitrogens is 1. The van der Waals surface area contributed by atoms with Gasteiger partial charge in [-0.3, -0.25) is 9.59 Å². The van der Waals surface area contributed by atoms with E-state index in [1.807, 2.05) is 13.8 Å². The highest BCUT2D eigenvalue weighted by Gasteiger charge is 2.32. The number of amides is 1. The second-order valence-corrected chi connectivity index (χ2v) is 11.1. The fraction of sp³-hybridized carbons (Fsp3) is 0.348. The fourth-order valence-corrected chi connectivity index (χ4v) is 6.52. The van der Waals surface area contributed by atoms with Gasteiger partial charge in [0.15, 0.2) is 4.80 Å². The van der Waals surface area contributed by atoms with Crippen LogP contribution in [0, 0.1) is 5.82 Å². The summed E-state index contributed by atoms with van der Waals surface area (Å²) < 4.78 is 53.5. The molecule has 0 unspecified atom stereocenters. The minimum absolute atomic E-state index is 0.0634. The molecule has 0 radical (unpaired) electrons. The lowest BCUT2D eigenvalue weighted by Crippen LogP contribution is -2.48. The third-order valence-electron chi connectivity index (χ3n) is 5.48. The first-order valence-corrected chi connectivity index (χ1v) is 13.0. The predicted molar refractivity (Wildman–Crippen MR) is 127 cm³/mol. The van der Waals surface area contributed by atoms with Crippen LogP contribution in [0.25, 0.3) is 10.2 Å². The molecule has 2 aromatic carbocycles. The van der Waals surface area contributed by atoms with Gasteiger partial charge in [-0.1, -0.05) is 11.3 Å². The first kappa shape index (κ1) is 25.2. The topological polar surface area (TPSA) is 107 Å². The number of carbonyl (C=O) groups is 2. The Morgan fingerprint density at radius 2 is 1.80 bits per heavy atom. The van der Waals surface area contributed by atoms with Gasteiger partial charge in [0.05, 0.1) is 34.4 Å². The lowest BCUT2D eigenvalue weighted by atomic mass is 10.2. The number of carbonyl (C=O) groups excluding carboxylic acids is 2. The van der Waals surface area contributed by atoms with Crippen molar-refractivity contribution in [1.82, 2.24) is 8.87 Å². The van der Waals surface area contributed by atoms with E-state index in [2.05, 4.69) is 4.99 Å². The Labute approximate surface area is 205 Å². The molecule has 0 saturated carbocycles. The van der Waals surface area contributed by atoms with Gasteiger partial charge in [-0.15, -0.1) is 0 Å². The summed E-state index contributed by atoms with van der Waals surface area (Å²) in [4.78, 5) is 29.1. The Morgan fingerprint density at radius 3 is 2.43 bits per heavy atom. The highest BCUT2D eigenvalue weighted by Crippen LogP contribution is 2.22. The number of methoxy groups -OCH3 is 1. The SMILES string of the molecule is COC(=O)Cn1c(=NC(=O)c2ccc(S(=O)(=O)N3C[C@@H](C)O[C@@H](C)C3)cc2)sc2cc(F)ccc21. The number of nitrogens with zero attached hydrogens (tertiary/aromatic N) is 3. The zero-order valence-corrected chi connectivity index (χ0v) is 20.9. The van der Waals surface area contributed by atoms with Crippen molar-refractivity contribution in [2.24, 2.45) is 4.99 Å². The third-order valence-corrected chi connectivity index (χ3v) is 8.37. The summed E-state index contributed by atoms with van der Waals surface area (Å²) in [5, 5.41) is 0. The number of ether oxygens (including phenoxy) is 2. The largest absolute Gasteiger partial charge is 0.468 e. The monoisotopic (exact) mass is 521 g/mol. The van der Waals surface area contributed by atoms with Crippen LogP contribution in [0.4, 0.5) is 4.39 Å². The number of morpholine rings is 1. The first-order valence-electron chi connectivity index (χ1n) is 10.8. The number of benzene rings is 2. The first-order chi connectivity index (χ1) is 16.6. The highest BCUT2D eigenvalue weighted by atomic mass is 32.2. The summed E-state index contributed by atoms with van der Waals surface area (Å²) in [5.41, 5.74) is 0.699. The van der Waals surface area contributed by atoms with Crippen molar-refractivity contribution in [3.8, 4) is 0 Å². The molecule has 1 fully saturated rings. The molecule has 3 aromatic rings. The molecule has 1 saturated heterocycles. The van der Waals surface area contributed by atoms with E-state index in [-0.39, 0.29) is 47.1 Å². The number of fused-ring (bicyclic) bond motifs is 1. The van der Waals surface area contributed by atoms with Crippen LogP contribution < -0.4 is 4.80 Å². The van der Waals surface area contributed by atoms with E-state index in [4.69, 9.17) is 9.47 Å². The van der Waals surface area contributed by atoms with Gasteiger partial charge in [-0.25, -0.2) is 12.8 Å². The van der Waals surface area contributed by atoms with Gasteiger partial charge in [0.25, 0.3) is 5.91 Å². The van der Waals surface area contributed by atoms with Gasteiger partial charge in [-0.2, -0.15) is 9.30 Å². The third kappa shape index (κ3) is 5.35. The Balaban J connectivity index is 1.65. The number of esters is 1. The van der Waals surface area contributed by atoms with Gasteiger partial charge < -0.3 is 14.0 Å². The van der Waals surface area contributed by atoms with Crippen LogP contribution in [0.2, 0.25) is 0 Å². The molecule has 35 heavy (non-hydrogen) atoms. The Morgan fingerprint density at radius 1 is 1.14 bits per heavy atom. The van der Waals surface area contributed by atoms with Crippen molar-refractivity contribution in [3.63, 3.8) is 0 Å². The van der Waals surface area contributed by atoms with Crippen LogP contribution in [0.1, 0.15) is 24.2 Å². The summed E-state index contributed by atoms with van der Waals surface area (Å²) in [5.74, 6) is -1.64. The van der Waals surface area contributed by atoms with E-state index >= 15 is 0 Å². The van der Waals surface area contributed by atoms with Gasteiger partial charge in [0.1, 0.15) is 12.4 Å². The molecule has 9 nitrogen and oxygen atoms in total. The van der Waals surface area contributed by atoms with Crippen LogP contribution in [-0.4, -0.2) is 61.6 Å². The van der Waals surface area contributed by atoms with Gasteiger partial charge >= 0.3 is 5.97 Å². The molecule has 1 aromatic heterocycles. The maximum Gasteiger partial charge on any atom is 0.325 e. The molecule has 0 N–H and O–H groups in total. The van der Waals surface area contributed by atoms with Crippen LogP contribution in [-0.2, 0) is 30.8 Å². The molecule has 0 spiro atoms. The summed E-state index contributed by atoms with van der Waals surface area (Å²) in [7, 11) is -2.51. The molecule has 2 heterocycles. The van der Waals surface area contributed by atoms with Gasteiger partial charge in [0.2, 0.25) is 10.0 Å². The Hall–Kier alpha value is -2.93. The van der Waals surface area contributed by atoms with Crippen molar-refractivity contribution >= 4 is 43.5 Å². The lowest BCUT2D eigenvalue weighted by Gasteiger charge is -2.34. The number of halogens is 1. The Kier molecular flexibility index (Phi) is 7.17.